The van der Waals surface area contributed by atoms with Gasteiger partial charge in [0.15, 0.2) is 0 Å². The Morgan fingerprint density at radius 3 is 2.69 bits per heavy atom. The smallest absolute Gasteiger partial charge is 0.259 e. The lowest BCUT2D eigenvalue weighted by Crippen LogP contribution is -2.57. The summed E-state index contributed by atoms with van der Waals surface area (Å²) in [5.41, 5.74) is 2.08. The number of allylic oxidation sites excluding steroid dienone is 1. The lowest BCUT2D eigenvalue weighted by atomic mass is 10.0. The van der Waals surface area contributed by atoms with Crippen LogP contribution in [-0.2, 0) is 9.59 Å². The number of rotatable bonds is 6. The van der Waals surface area contributed by atoms with Crippen LogP contribution in [0.1, 0.15) is 49.0 Å². The molecule has 1 aromatic carbocycles. The van der Waals surface area contributed by atoms with Gasteiger partial charge >= 0.3 is 0 Å². The second kappa shape index (κ2) is 8.88. The molecular weight excluding hydrogens is 406 g/mol. The van der Waals surface area contributed by atoms with Crippen LogP contribution in [0.15, 0.2) is 36.9 Å². The zero-order valence-electron chi connectivity index (χ0n) is 18.7. The average molecular weight is 438 g/mol. The molecule has 2 saturated heterocycles. The van der Waals surface area contributed by atoms with Gasteiger partial charge in [0.2, 0.25) is 11.8 Å². The number of hydrogen-bond acceptors (Lipinski definition) is 6. The lowest BCUT2D eigenvalue weighted by molar-refractivity contribution is -0.136. The summed E-state index contributed by atoms with van der Waals surface area (Å²) < 4.78 is 0. The molecule has 2 atom stereocenters. The first-order chi connectivity index (χ1) is 15.4. The summed E-state index contributed by atoms with van der Waals surface area (Å²) in [6, 6.07) is 4.84. The number of carbonyl (C=O) groups excluding carboxylic acids is 3. The number of piperidine rings is 1. The van der Waals surface area contributed by atoms with E-state index in [0.717, 1.165) is 38.3 Å². The second-order valence-corrected chi connectivity index (χ2v) is 8.64. The van der Waals surface area contributed by atoms with Crippen LogP contribution in [0.4, 0.5) is 5.69 Å². The van der Waals surface area contributed by atoms with Crippen LogP contribution in [0.5, 0.6) is 0 Å². The fourth-order valence-electron chi connectivity index (χ4n) is 4.75. The van der Waals surface area contributed by atoms with Crippen molar-refractivity contribution < 1.29 is 14.4 Å². The lowest BCUT2D eigenvalue weighted by Gasteiger charge is -2.43. The summed E-state index contributed by atoms with van der Waals surface area (Å²) >= 11 is 0. The first kappa shape index (κ1) is 22.2. The molecule has 0 radical (unpaired) electrons. The van der Waals surface area contributed by atoms with Crippen LogP contribution in [0.2, 0.25) is 0 Å². The molecule has 0 bridgehead atoms. The Hall–Kier alpha value is -2.97. The van der Waals surface area contributed by atoms with E-state index in [1.165, 1.54) is 4.90 Å². The molecule has 0 aromatic heterocycles. The Balaban J connectivity index is 1.67. The van der Waals surface area contributed by atoms with Crippen LogP contribution in [-0.4, -0.2) is 65.4 Å². The molecule has 8 nitrogen and oxygen atoms in total. The first-order valence-corrected chi connectivity index (χ1v) is 11.3. The van der Waals surface area contributed by atoms with Crippen molar-refractivity contribution in [2.45, 2.75) is 44.8 Å². The van der Waals surface area contributed by atoms with Crippen LogP contribution in [0.3, 0.4) is 0 Å². The molecule has 2 unspecified atom stereocenters. The Labute approximate surface area is 188 Å². The van der Waals surface area contributed by atoms with Gasteiger partial charge in [0, 0.05) is 49.5 Å². The minimum absolute atomic E-state index is 0.206. The summed E-state index contributed by atoms with van der Waals surface area (Å²) in [7, 11) is 0. The molecule has 2 fully saturated rings. The molecule has 4 rings (SSSR count). The number of fused-ring (bicyclic) bond motifs is 1. The summed E-state index contributed by atoms with van der Waals surface area (Å²) in [6.07, 6.45) is 5.75. The van der Waals surface area contributed by atoms with Crippen LogP contribution in [0.25, 0.3) is 5.70 Å². The van der Waals surface area contributed by atoms with E-state index in [4.69, 9.17) is 0 Å². The maximum Gasteiger partial charge on any atom is 0.259 e. The summed E-state index contributed by atoms with van der Waals surface area (Å²) in [5, 5.41) is 9.40. The molecule has 3 amide bonds. The molecule has 32 heavy (non-hydrogen) atoms. The molecule has 0 spiro atoms. The predicted octanol–water partition coefficient (Wildman–Crippen LogP) is 1.92. The van der Waals surface area contributed by atoms with Crippen molar-refractivity contribution in [3.05, 3.63) is 48.1 Å². The maximum atomic E-state index is 13.3. The van der Waals surface area contributed by atoms with Gasteiger partial charge in [0.25, 0.3) is 5.91 Å². The van der Waals surface area contributed by atoms with Gasteiger partial charge in [-0.05, 0) is 38.0 Å². The molecule has 3 aliphatic rings. The number of nitrogens with one attached hydrogen (secondary N) is 3. The van der Waals surface area contributed by atoms with Crippen LogP contribution >= 0.6 is 0 Å². The van der Waals surface area contributed by atoms with Gasteiger partial charge in [-0.3, -0.25) is 29.5 Å². The first-order valence-electron chi connectivity index (χ1n) is 11.3. The van der Waals surface area contributed by atoms with E-state index in [9.17, 15) is 14.4 Å². The minimum atomic E-state index is -0.729. The van der Waals surface area contributed by atoms with Crippen molar-refractivity contribution in [3.8, 4) is 0 Å². The largest absolute Gasteiger partial charge is 0.363 e. The normalized spacial score (nSPS) is 23.9. The van der Waals surface area contributed by atoms with Crippen molar-refractivity contribution in [2.75, 3.05) is 31.5 Å². The zero-order valence-corrected chi connectivity index (χ0v) is 18.7. The van der Waals surface area contributed by atoms with E-state index >= 15 is 0 Å². The number of benzene rings is 1. The van der Waals surface area contributed by atoms with Crippen molar-refractivity contribution in [1.29, 1.82) is 0 Å². The molecule has 8 heteroatoms. The van der Waals surface area contributed by atoms with Gasteiger partial charge in [0.1, 0.15) is 11.7 Å². The van der Waals surface area contributed by atoms with Gasteiger partial charge < -0.3 is 10.6 Å². The molecule has 3 heterocycles. The zero-order chi connectivity index (χ0) is 22.9. The fraction of sp³-hybridized carbons (Fsp3) is 0.458. The monoisotopic (exact) mass is 437 g/mol. The predicted molar refractivity (Wildman–Crippen MR) is 124 cm³/mol. The standard InChI is InChI=1S/C24H31N5O3/c1-4-5-11-24(3,28-14-12-25-13-15-28)27-18-8-6-7-17-21(18)16(2)29(23(17)32)19-9-10-20(30)26-22(19)31/h5-8,11,19,25,27H,2,4,9-10,12-15H2,1,3H3,(H,26,30,31)/b11-5-. The van der Waals surface area contributed by atoms with E-state index in [0.29, 0.717) is 23.2 Å². The number of carbonyl (C=O) groups is 3. The van der Waals surface area contributed by atoms with Crippen molar-refractivity contribution in [1.82, 2.24) is 20.4 Å². The highest BCUT2D eigenvalue weighted by Crippen LogP contribution is 2.40. The van der Waals surface area contributed by atoms with Crippen molar-refractivity contribution in [2.24, 2.45) is 0 Å². The maximum absolute atomic E-state index is 13.3. The van der Waals surface area contributed by atoms with Crippen LogP contribution in [0, 0.1) is 0 Å². The Kier molecular flexibility index (Phi) is 6.17. The Morgan fingerprint density at radius 2 is 2.00 bits per heavy atom. The highest BCUT2D eigenvalue weighted by molar-refractivity contribution is 6.14. The highest BCUT2D eigenvalue weighted by Gasteiger charge is 2.43. The second-order valence-electron chi connectivity index (χ2n) is 8.64. The number of hydrogen-bond donors (Lipinski definition) is 3. The van der Waals surface area contributed by atoms with E-state index in [2.05, 4.69) is 53.4 Å². The number of amides is 3. The number of imide groups is 1. The Morgan fingerprint density at radius 1 is 1.25 bits per heavy atom. The van der Waals surface area contributed by atoms with Gasteiger partial charge in [-0.2, -0.15) is 0 Å². The number of anilines is 1. The van der Waals surface area contributed by atoms with E-state index in [1.807, 2.05) is 12.1 Å². The van der Waals surface area contributed by atoms with Gasteiger partial charge in [-0.15, -0.1) is 0 Å². The molecule has 170 valence electrons. The Bertz CT molecular complexity index is 982. The summed E-state index contributed by atoms with van der Waals surface area (Å²) in [4.78, 5) is 41.1. The minimum Gasteiger partial charge on any atom is -0.363 e. The third-order valence-electron chi connectivity index (χ3n) is 6.45. The van der Waals surface area contributed by atoms with Crippen molar-refractivity contribution in [3.63, 3.8) is 0 Å². The third kappa shape index (κ3) is 3.96. The van der Waals surface area contributed by atoms with Crippen LogP contribution < -0.4 is 16.0 Å². The van der Waals surface area contributed by atoms with E-state index < -0.39 is 17.6 Å². The van der Waals surface area contributed by atoms with Gasteiger partial charge in [0.05, 0.1) is 5.56 Å². The molecule has 0 aliphatic carbocycles. The molecule has 3 N–H and O–H groups in total. The highest BCUT2D eigenvalue weighted by atomic mass is 16.2. The number of nitrogens with zero attached hydrogens (tertiary/aromatic N) is 2. The molecule has 0 saturated carbocycles. The average Bonchev–Trinajstić information content (AvgIpc) is 3.04. The topological polar surface area (TPSA) is 93.8 Å². The quantitative estimate of drug-likeness (QED) is 0.465. The molecule has 1 aromatic rings. The number of piperazine rings is 1. The van der Waals surface area contributed by atoms with E-state index in [-0.39, 0.29) is 18.2 Å². The summed E-state index contributed by atoms with van der Waals surface area (Å²) in [5.74, 6) is -1.01. The van der Waals surface area contributed by atoms with Crippen molar-refractivity contribution >= 4 is 29.1 Å². The SMILES string of the molecule is C=C1c2c(NC(C)(/C=C\CC)N3CCNCC3)cccc2C(=O)N1C1CCC(=O)NC1=O. The third-order valence-corrected chi connectivity index (χ3v) is 6.45. The fourth-order valence-corrected chi connectivity index (χ4v) is 4.75. The molecular formula is C24H31N5O3. The summed E-state index contributed by atoms with van der Waals surface area (Å²) in [6.45, 7) is 12.1. The van der Waals surface area contributed by atoms with Gasteiger partial charge in [-0.25, -0.2) is 0 Å². The molecule has 3 aliphatic heterocycles. The van der Waals surface area contributed by atoms with E-state index in [1.54, 1.807) is 6.07 Å². The van der Waals surface area contributed by atoms with Gasteiger partial charge in [-0.1, -0.05) is 25.6 Å².